The Morgan fingerprint density at radius 2 is 1.93 bits per heavy atom. The number of allylic oxidation sites excluding steroid dienone is 2. The Hall–Kier alpha value is -0.560. The first-order valence-electron chi connectivity index (χ1n) is 5.82. The Kier molecular flexibility index (Phi) is 5.62. The van der Waals surface area contributed by atoms with Crippen molar-refractivity contribution in [1.29, 1.82) is 0 Å². The lowest BCUT2D eigenvalue weighted by atomic mass is 10.1. The predicted octanol–water partition coefficient (Wildman–Crippen LogP) is 3.38. The number of hydrogen-bond donors (Lipinski definition) is 0. The van der Waals surface area contributed by atoms with Gasteiger partial charge in [0.15, 0.2) is 0 Å². The van der Waals surface area contributed by atoms with Crippen LogP contribution >= 0.6 is 0 Å². The van der Waals surface area contributed by atoms with Crippen molar-refractivity contribution in [3.05, 3.63) is 24.3 Å². The predicted molar refractivity (Wildman–Crippen MR) is 63.5 cm³/mol. The van der Waals surface area contributed by atoms with Crippen LogP contribution in [0.1, 0.15) is 39.0 Å². The summed E-state index contributed by atoms with van der Waals surface area (Å²) in [6, 6.07) is 0. The molecule has 0 spiro atoms. The Bertz CT molecular complexity index is 187. The third kappa shape index (κ3) is 4.61. The maximum absolute atomic E-state index is 3.73. The summed E-state index contributed by atoms with van der Waals surface area (Å²) in [6.07, 6.45) is 10.8. The number of nitrogens with zero attached hydrogens (tertiary/aromatic N) is 1. The van der Waals surface area contributed by atoms with Crippen molar-refractivity contribution in [2.45, 2.75) is 39.0 Å². The smallest absolute Gasteiger partial charge is 0.0190 e. The fraction of sp³-hybridized carbons (Fsp3) is 0.692. The molecule has 0 unspecified atom stereocenters. The summed E-state index contributed by atoms with van der Waals surface area (Å²) in [4.78, 5) is 2.57. The van der Waals surface area contributed by atoms with Crippen LogP contribution in [0.3, 0.4) is 0 Å². The molecule has 80 valence electrons. The van der Waals surface area contributed by atoms with Gasteiger partial charge in [-0.25, -0.2) is 0 Å². The molecule has 0 aliphatic carbocycles. The molecule has 1 aliphatic heterocycles. The van der Waals surface area contributed by atoms with Crippen LogP contribution in [-0.4, -0.2) is 24.5 Å². The van der Waals surface area contributed by atoms with E-state index in [9.17, 15) is 0 Å². The maximum atomic E-state index is 3.73. The molecule has 1 heteroatoms. The molecule has 0 bridgehead atoms. The molecule has 1 heterocycles. The van der Waals surface area contributed by atoms with Crippen molar-refractivity contribution in [3.8, 4) is 0 Å². The van der Waals surface area contributed by atoms with E-state index in [2.05, 4.69) is 24.5 Å². The van der Waals surface area contributed by atoms with Crippen LogP contribution in [0.2, 0.25) is 0 Å². The standard InChI is InChI=1S/C13H23N/c1-3-4-6-9-13(2)12-14-10-7-5-8-11-14/h3,9H,1,4-8,10-12H2,2H3/b13-9+. The summed E-state index contributed by atoms with van der Waals surface area (Å²) in [5.41, 5.74) is 1.52. The zero-order chi connectivity index (χ0) is 10.2. The second kappa shape index (κ2) is 6.83. The molecule has 1 saturated heterocycles. The van der Waals surface area contributed by atoms with E-state index in [0.717, 1.165) is 12.8 Å². The van der Waals surface area contributed by atoms with Gasteiger partial charge >= 0.3 is 0 Å². The summed E-state index contributed by atoms with van der Waals surface area (Å²) < 4.78 is 0. The topological polar surface area (TPSA) is 3.24 Å². The fourth-order valence-electron chi connectivity index (χ4n) is 1.98. The van der Waals surface area contributed by atoms with Crippen molar-refractivity contribution in [2.24, 2.45) is 0 Å². The first-order valence-corrected chi connectivity index (χ1v) is 5.82. The number of rotatable bonds is 5. The zero-order valence-corrected chi connectivity index (χ0v) is 9.47. The van der Waals surface area contributed by atoms with Crippen LogP contribution < -0.4 is 0 Å². The number of unbranched alkanes of at least 4 members (excludes halogenated alkanes) is 1. The van der Waals surface area contributed by atoms with E-state index in [1.807, 2.05) is 6.08 Å². The minimum atomic E-state index is 1.11. The second-order valence-electron chi connectivity index (χ2n) is 4.25. The first kappa shape index (κ1) is 11.5. The molecule has 0 N–H and O–H groups in total. The summed E-state index contributed by atoms with van der Waals surface area (Å²) in [5, 5.41) is 0. The Morgan fingerprint density at radius 1 is 1.21 bits per heavy atom. The molecule has 14 heavy (non-hydrogen) atoms. The highest BCUT2D eigenvalue weighted by molar-refractivity contribution is 5.01. The minimum Gasteiger partial charge on any atom is -0.299 e. The molecule has 0 atom stereocenters. The average molecular weight is 193 g/mol. The van der Waals surface area contributed by atoms with Crippen LogP contribution in [0.25, 0.3) is 0 Å². The van der Waals surface area contributed by atoms with Crippen LogP contribution in [-0.2, 0) is 0 Å². The van der Waals surface area contributed by atoms with E-state index in [-0.39, 0.29) is 0 Å². The van der Waals surface area contributed by atoms with Crippen LogP contribution in [0, 0.1) is 0 Å². The third-order valence-corrected chi connectivity index (χ3v) is 2.79. The largest absolute Gasteiger partial charge is 0.299 e. The fourth-order valence-corrected chi connectivity index (χ4v) is 1.98. The second-order valence-corrected chi connectivity index (χ2v) is 4.25. The van der Waals surface area contributed by atoms with Gasteiger partial charge in [-0.05, 0) is 45.7 Å². The van der Waals surface area contributed by atoms with Gasteiger partial charge in [0.2, 0.25) is 0 Å². The molecule has 0 aromatic rings. The Labute approximate surface area is 88.5 Å². The van der Waals surface area contributed by atoms with E-state index in [1.54, 1.807) is 0 Å². The summed E-state index contributed by atoms with van der Waals surface area (Å²) in [5.74, 6) is 0. The monoisotopic (exact) mass is 193 g/mol. The van der Waals surface area contributed by atoms with Gasteiger partial charge in [-0.3, -0.25) is 4.90 Å². The van der Waals surface area contributed by atoms with Gasteiger partial charge in [0.1, 0.15) is 0 Å². The lowest BCUT2D eigenvalue weighted by molar-refractivity contribution is 0.246. The lowest BCUT2D eigenvalue weighted by Gasteiger charge is -2.26. The Morgan fingerprint density at radius 3 is 2.57 bits per heavy atom. The van der Waals surface area contributed by atoms with Crippen LogP contribution in [0.5, 0.6) is 0 Å². The van der Waals surface area contributed by atoms with Crippen molar-refractivity contribution < 1.29 is 0 Å². The summed E-state index contributed by atoms with van der Waals surface area (Å²) in [7, 11) is 0. The van der Waals surface area contributed by atoms with E-state index in [4.69, 9.17) is 0 Å². The quantitative estimate of drug-likeness (QED) is 0.478. The zero-order valence-electron chi connectivity index (χ0n) is 9.47. The summed E-state index contributed by atoms with van der Waals surface area (Å²) >= 11 is 0. The highest BCUT2D eigenvalue weighted by Gasteiger charge is 2.09. The number of likely N-dealkylation sites (tertiary alicyclic amines) is 1. The van der Waals surface area contributed by atoms with Gasteiger partial charge in [-0.1, -0.05) is 24.1 Å². The summed E-state index contributed by atoms with van der Waals surface area (Å²) in [6.45, 7) is 9.76. The van der Waals surface area contributed by atoms with Crippen molar-refractivity contribution in [1.82, 2.24) is 4.90 Å². The molecule has 0 aromatic heterocycles. The van der Waals surface area contributed by atoms with Gasteiger partial charge in [0, 0.05) is 6.54 Å². The first-order chi connectivity index (χ1) is 6.83. The highest BCUT2D eigenvalue weighted by atomic mass is 15.1. The molecule has 1 fully saturated rings. The van der Waals surface area contributed by atoms with E-state index < -0.39 is 0 Å². The van der Waals surface area contributed by atoms with E-state index in [1.165, 1.54) is 44.5 Å². The molecule has 1 rings (SSSR count). The lowest BCUT2D eigenvalue weighted by Crippen LogP contribution is -2.31. The number of piperidine rings is 1. The van der Waals surface area contributed by atoms with E-state index in [0.29, 0.717) is 0 Å². The van der Waals surface area contributed by atoms with Crippen molar-refractivity contribution in [3.63, 3.8) is 0 Å². The van der Waals surface area contributed by atoms with Gasteiger partial charge in [-0.15, -0.1) is 6.58 Å². The highest BCUT2D eigenvalue weighted by Crippen LogP contribution is 2.11. The van der Waals surface area contributed by atoms with Gasteiger partial charge < -0.3 is 0 Å². The SMILES string of the molecule is C=CCC/C=C(\C)CN1CCCCC1. The molecule has 1 aliphatic rings. The maximum Gasteiger partial charge on any atom is 0.0190 e. The molecular weight excluding hydrogens is 170 g/mol. The van der Waals surface area contributed by atoms with Gasteiger partial charge in [0.05, 0.1) is 0 Å². The molecule has 0 saturated carbocycles. The van der Waals surface area contributed by atoms with Crippen LogP contribution in [0.15, 0.2) is 24.3 Å². The average Bonchev–Trinajstić information content (AvgIpc) is 2.20. The van der Waals surface area contributed by atoms with Crippen molar-refractivity contribution in [2.75, 3.05) is 19.6 Å². The van der Waals surface area contributed by atoms with Gasteiger partial charge in [-0.2, -0.15) is 0 Å². The molecule has 0 radical (unpaired) electrons. The molecule has 0 amide bonds. The van der Waals surface area contributed by atoms with E-state index >= 15 is 0 Å². The molecule has 1 nitrogen and oxygen atoms in total. The van der Waals surface area contributed by atoms with Crippen LogP contribution in [0.4, 0.5) is 0 Å². The Balaban J connectivity index is 2.20. The molecular formula is C13H23N. The molecule has 0 aromatic carbocycles. The number of hydrogen-bond acceptors (Lipinski definition) is 1. The van der Waals surface area contributed by atoms with Gasteiger partial charge in [0.25, 0.3) is 0 Å². The normalized spacial score (nSPS) is 19.6. The third-order valence-electron chi connectivity index (χ3n) is 2.79. The minimum absolute atomic E-state index is 1.11. The van der Waals surface area contributed by atoms with Crippen molar-refractivity contribution >= 4 is 0 Å².